The Bertz CT molecular complexity index is 617. The van der Waals surface area contributed by atoms with E-state index in [2.05, 4.69) is 40.1 Å². The van der Waals surface area contributed by atoms with Crippen LogP contribution < -0.4 is 0 Å². The zero-order valence-electron chi connectivity index (χ0n) is 12.7. The van der Waals surface area contributed by atoms with E-state index < -0.39 is 0 Å². The minimum absolute atomic E-state index is 0.641. The molecule has 3 heteroatoms. The van der Waals surface area contributed by atoms with Crippen LogP contribution in [0.2, 0.25) is 0 Å². The molecule has 1 aromatic carbocycles. The molecule has 0 radical (unpaired) electrons. The van der Waals surface area contributed by atoms with Crippen molar-refractivity contribution in [1.29, 1.82) is 0 Å². The molecule has 0 bridgehead atoms. The summed E-state index contributed by atoms with van der Waals surface area (Å²) in [4.78, 5) is 4.80. The molecule has 0 saturated heterocycles. The van der Waals surface area contributed by atoms with Gasteiger partial charge < -0.3 is 0 Å². The molecular formula is C18H23N3. The number of hydrogen-bond acceptors (Lipinski definition) is 2. The predicted octanol–water partition coefficient (Wildman–Crippen LogP) is 3.93. The van der Waals surface area contributed by atoms with Crippen LogP contribution in [0.4, 0.5) is 0 Å². The molecular weight excluding hydrogens is 258 g/mol. The first kappa shape index (κ1) is 13.1. The Hall–Kier alpha value is -1.64. The van der Waals surface area contributed by atoms with Crippen molar-refractivity contribution in [2.45, 2.75) is 51.5 Å². The average Bonchev–Trinajstić information content (AvgIpc) is 3.15. The largest absolute Gasteiger partial charge is 0.245 e. The van der Waals surface area contributed by atoms with Gasteiger partial charge in [-0.25, -0.2) is 9.67 Å². The summed E-state index contributed by atoms with van der Waals surface area (Å²) in [5.74, 6) is 4.62. The predicted molar refractivity (Wildman–Crippen MR) is 83.1 cm³/mol. The summed E-state index contributed by atoms with van der Waals surface area (Å²) in [6.45, 7) is 2.87. The lowest BCUT2D eigenvalue weighted by Gasteiger charge is -2.18. The van der Waals surface area contributed by atoms with E-state index in [1.807, 2.05) is 6.92 Å². The van der Waals surface area contributed by atoms with Crippen molar-refractivity contribution in [3.05, 3.63) is 47.5 Å². The summed E-state index contributed by atoms with van der Waals surface area (Å²) in [6.07, 6.45) is 6.95. The fourth-order valence-corrected chi connectivity index (χ4v) is 4.50. The maximum atomic E-state index is 4.80. The number of aromatic nitrogens is 3. The third kappa shape index (κ3) is 2.39. The Morgan fingerprint density at radius 1 is 1.10 bits per heavy atom. The van der Waals surface area contributed by atoms with Crippen LogP contribution in [0.1, 0.15) is 55.2 Å². The molecule has 2 aliphatic carbocycles. The second kappa shape index (κ2) is 5.28. The number of hydrogen-bond donors (Lipinski definition) is 0. The Morgan fingerprint density at radius 3 is 2.81 bits per heavy atom. The Labute approximate surface area is 126 Å². The summed E-state index contributed by atoms with van der Waals surface area (Å²) >= 11 is 0. The van der Waals surface area contributed by atoms with Crippen molar-refractivity contribution in [3.63, 3.8) is 0 Å². The van der Waals surface area contributed by atoms with Gasteiger partial charge in [-0.15, -0.1) is 0 Å². The Morgan fingerprint density at radius 2 is 1.95 bits per heavy atom. The van der Waals surface area contributed by atoms with E-state index in [1.54, 1.807) is 0 Å². The van der Waals surface area contributed by atoms with Crippen molar-refractivity contribution >= 4 is 0 Å². The summed E-state index contributed by atoms with van der Waals surface area (Å²) in [5.41, 5.74) is 1.31. The van der Waals surface area contributed by atoms with E-state index in [0.29, 0.717) is 5.92 Å². The SMILES string of the molecule is Cc1nc([C@H]2CC[C@@H]3CCC[C@@H]32)n(Cc2ccccc2)n1. The van der Waals surface area contributed by atoms with E-state index in [1.165, 1.54) is 43.5 Å². The quantitative estimate of drug-likeness (QED) is 0.853. The highest BCUT2D eigenvalue weighted by Crippen LogP contribution is 2.51. The third-order valence-corrected chi connectivity index (χ3v) is 5.40. The molecule has 3 atom stereocenters. The first-order chi connectivity index (χ1) is 10.3. The number of benzene rings is 1. The summed E-state index contributed by atoms with van der Waals surface area (Å²) in [5, 5.41) is 4.67. The van der Waals surface area contributed by atoms with Gasteiger partial charge in [-0.1, -0.05) is 43.2 Å². The summed E-state index contributed by atoms with van der Waals surface area (Å²) in [6, 6.07) is 10.6. The van der Waals surface area contributed by atoms with E-state index in [0.717, 1.165) is 24.2 Å². The maximum absolute atomic E-state index is 4.80. The van der Waals surface area contributed by atoms with Crippen LogP contribution in [-0.2, 0) is 6.54 Å². The molecule has 4 rings (SSSR count). The first-order valence-electron chi connectivity index (χ1n) is 8.26. The summed E-state index contributed by atoms with van der Waals surface area (Å²) < 4.78 is 2.16. The second-order valence-corrected chi connectivity index (χ2v) is 6.70. The van der Waals surface area contributed by atoms with Crippen LogP contribution in [0.5, 0.6) is 0 Å². The maximum Gasteiger partial charge on any atom is 0.147 e. The van der Waals surface area contributed by atoms with Crippen molar-refractivity contribution in [2.75, 3.05) is 0 Å². The molecule has 2 saturated carbocycles. The van der Waals surface area contributed by atoms with Crippen LogP contribution in [0, 0.1) is 18.8 Å². The van der Waals surface area contributed by atoms with Gasteiger partial charge in [0.15, 0.2) is 0 Å². The fourth-order valence-electron chi connectivity index (χ4n) is 4.50. The van der Waals surface area contributed by atoms with Gasteiger partial charge in [-0.2, -0.15) is 5.10 Å². The fraction of sp³-hybridized carbons (Fsp3) is 0.556. The number of fused-ring (bicyclic) bond motifs is 1. The molecule has 0 unspecified atom stereocenters. The number of rotatable bonds is 3. The Balaban J connectivity index is 1.63. The molecule has 1 heterocycles. The molecule has 0 spiro atoms. The molecule has 2 aromatic rings. The van der Waals surface area contributed by atoms with E-state index in [4.69, 9.17) is 4.98 Å². The van der Waals surface area contributed by atoms with Gasteiger partial charge in [0.2, 0.25) is 0 Å². The second-order valence-electron chi connectivity index (χ2n) is 6.70. The standard InChI is InChI=1S/C18H23N3/c1-13-19-18(17-11-10-15-8-5-9-16(15)17)21(20-13)12-14-6-3-2-4-7-14/h2-4,6-7,15-17H,5,8-12H2,1H3/t15-,16-,17-/m0/s1. The molecule has 3 nitrogen and oxygen atoms in total. The lowest BCUT2D eigenvalue weighted by atomic mass is 9.91. The smallest absolute Gasteiger partial charge is 0.147 e. The lowest BCUT2D eigenvalue weighted by Crippen LogP contribution is -2.15. The topological polar surface area (TPSA) is 30.7 Å². The highest BCUT2D eigenvalue weighted by atomic mass is 15.3. The van der Waals surface area contributed by atoms with Crippen LogP contribution >= 0.6 is 0 Å². The van der Waals surface area contributed by atoms with E-state index in [9.17, 15) is 0 Å². The van der Waals surface area contributed by atoms with Gasteiger partial charge in [0.25, 0.3) is 0 Å². The van der Waals surface area contributed by atoms with Gasteiger partial charge in [0.05, 0.1) is 6.54 Å². The molecule has 110 valence electrons. The average molecular weight is 281 g/mol. The normalized spacial score (nSPS) is 28.0. The van der Waals surface area contributed by atoms with Crippen LogP contribution in [0.3, 0.4) is 0 Å². The molecule has 0 aliphatic heterocycles. The van der Waals surface area contributed by atoms with Gasteiger partial charge >= 0.3 is 0 Å². The minimum Gasteiger partial charge on any atom is -0.245 e. The first-order valence-corrected chi connectivity index (χ1v) is 8.26. The Kier molecular flexibility index (Phi) is 3.28. The van der Waals surface area contributed by atoms with Gasteiger partial charge in [0, 0.05) is 5.92 Å². The summed E-state index contributed by atoms with van der Waals surface area (Å²) in [7, 11) is 0. The monoisotopic (exact) mass is 281 g/mol. The van der Waals surface area contributed by atoms with Gasteiger partial charge in [-0.05, 0) is 43.6 Å². The molecule has 0 N–H and O–H groups in total. The van der Waals surface area contributed by atoms with Crippen molar-refractivity contribution in [3.8, 4) is 0 Å². The zero-order chi connectivity index (χ0) is 14.2. The number of aryl methyl sites for hydroxylation is 1. The van der Waals surface area contributed by atoms with Crippen LogP contribution in [0.25, 0.3) is 0 Å². The lowest BCUT2D eigenvalue weighted by molar-refractivity contribution is 0.400. The van der Waals surface area contributed by atoms with Crippen molar-refractivity contribution < 1.29 is 0 Å². The van der Waals surface area contributed by atoms with Crippen molar-refractivity contribution in [2.24, 2.45) is 11.8 Å². The molecule has 21 heavy (non-hydrogen) atoms. The zero-order valence-corrected chi connectivity index (χ0v) is 12.7. The van der Waals surface area contributed by atoms with E-state index in [-0.39, 0.29) is 0 Å². The number of nitrogens with zero attached hydrogens (tertiary/aromatic N) is 3. The molecule has 1 aromatic heterocycles. The molecule has 2 aliphatic rings. The van der Waals surface area contributed by atoms with Crippen LogP contribution in [0.15, 0.2) is 30.3 Å². The van der Waals surface area contributed by atoms with Gasteiger partial charge in [0.1, 0.15) is 11.6 Å². The molecule has 2 fully saturated rings. The minimum atomic E-state index is 0.641. The van der Waals surface area contributed by atoms with E-state index >= 15 is 0 Å². The molecule has 0 amide bonds. The van der Waals surface area contributed by atoms with Gasteiger partial charge in [-0.3, -0.25) is 0 Å². The van der Waals surface area contributed by atoms with Crippen LogP contribution in [-0.4, -0.2) is 14.8 Å². The highest BCUT2D eigenvalue weighted by molar-refractivity contribution is 5.16. The highest BCUT2D eigenvalue weighted by Gasteiger charge is 2.41. The van der Waals surface area contributed by atoms with Crippen molar-refractivity contribution in [1.82, 2.24) is 14.8 Å². The third-order valence-electron chi connectivity index (χ3n) is 5.40.